The van der Waals surface area contributed by atoms with Gasteiger partial charge in [-0.1, -0.05) is 31.2 Å². The number of para-hydroxylation sites is 2. The highest BCUT2D eigenvalue weighted by molar-refractivity contribution is 5.89. The summed E-state index contributed by atoms with van der Waals surface area (Å²) in [7, 11) is 1.54. The summed E-state index contributed by atoms with van der Waals surface area (Å²) in [5, 5.41) is 2.73. The van der Waals surface area contributed by atoms with E-state index in [1.807, 2.05) is 30.3 Å². The number of benzene rings is 2. The maximum Gasteiger partial charge on any atom is 0.414 e. The van der Waals surface area contributed by atoms with E-state index in [0.29, 0.717) is 18.0 Å². The van der Waals surface area contributed by atoms with Crippen LogP contribution in [0.5, 0.6) is 11.5 Å². The van der Waals surface area contributed by atoms with E-state index in [-0.39, 0.29) is 19.1 Å². The molecule has 7 nitrogen and oxygen atoms in total. The molecule has 2 amide bonds. The highest BCUT2D eigenvalue weighted by Crippen LogP contribution is 2.25. The lowest BCUT2D eigenvalue weighted by Gasteiger charge is -2.14. The van der Waals surface area contributed by atoms with E-state index >= 15 is 0 Å². The topological polar surface area (TPSA) is 77.1 Å². The van der Waals surface area contributed by atoms with Crippen LogP contribution in [0.25, 0.3) is 0 Å². The van der Waals surface area contributed by atoms with Crippen molar-refractivity contribution < 1.29 is 23.8 Å². The lowest BCUT2D eigenvalue weighted by atomic mass is 10.1. The second-order valence-electron chi connectivity index (χ2n) is 6.38. The zero-order valence-corrected chi connectivity index (χ0v) is 16.0. The number of carbonyl (C=O) groups excluding carboxylic acids is 2. The first-order valence-electron chi connectivity index (χ1n) is 9.20. The molecule has 2 aromatic carbocycles. The van der Waals surface area contributed by atoms with Gasteiger partial charge in [-0.2, -0.15) is 0 Å². The van der Waals surface area contributed by atoms with Gasteiger partial charge in [0.2, 0.25) is 0 Å². The molecule has 1 saturated heterocycles. The number of cyclic esters (lactones) is 1. The molecule has 0 spiro atoms. The highest BCUT2D eigenvalue weighted by Gasteiger charge is 2.32. The third-order valence-corrected chi connectivity index (χ3v) is 4.49. The summed E-state index contributed by atoms with van der Waals surface area (Å²) in [6.45, 7) is 2.54. The van der Waals surface area contributed by atoms with E-state index in [4.69, 9.17) is 14.2 Å². The minimum absolute atomic E-state index is 0.150. The van der Waals surface area contributed by atoms with Crippen molar-refractivity contribution in [1.29, 1.82) is 0 Å². The zero-order valence-electron chi connectivity index (χ0n) is 16.0. The average Bonchev–Trinajstić information content (AvgIpc) is 3.11. The van der Waals surface area contributed by atoms with Crippen LogP contribution in [0.15, 0.2) is 48.5 Å². The number of amides is 2. The summed E-state index contributed by atoms with van der Waals surface area (Å²) < 4.78 is 16.0. The van der Waals surface area contributed by atoms with Gasteiger partial charge >= 0.3 is 6.09 Å². The zero-order chi connectivity index (χ0) is 19.9. The number of anilines is 1. The summed E-state index contributed by atoms with van der Waals surface area (Å²) in [4.78, 5) is 25.7. The van der Waals surface area contributed by atoms with E-state index in [0.717, 1.165) is 12.1 Å². The fourth-order valence-electron chi connectivity index (χ4n) is 2.91. The van der Waals surface area contributed by atoms with E-state index in [1.165, 1.54) is 12.7 Å². The van der Waals surface area contributed by atoms with Crippen LogP contribution in [-0.4, -0.2) is 44.9 Å². The van der Waals surface area contributed by atoms with Crippen molar-refractivity contribution in [2.75, 3.05) is 31.7 Å². The molecule has 0 aliphatic carbocycles. The number of aryl methyl sites for hydroxylation is 1. The number of hydrogen-bond donors (Lipinski definition) is 1. The van der Waals surface area contributed by atoms with E-state index in [9.17, 15) is 9.59 Å². The Morgan fingerprint density at radius 1 is 1.18 bits per heavy atom. The number of nitrogens with one attached hydrogen (secondary N) is 1. The predicted molar refractivity (Wildman–Crippen MR) is 105 cm³/mol. The quantitative estimate of drug-likeness (QED) is 0.757. The van der Waals surface area contributed by atoms with Gasteiger partial charge in [-0.25, -0.2) is 4.79 Å². The first-order chi connectivity index (χ1) is 13.6. The van der Waals surface area contributed by atoms with Gasteiger partial charge in [-0.15, -0.1) is 0 Å². The molecular weight excluding hydrogens is 360 g/mol. The fourth-order valence-corrected chi connectivity index (χ4v) is 2.91. The second kappa shape index (κ2) is 9.12. The molecule has 0 bridgehead atoms. The molecule has 2 aromatic rings. The van der Waals surface area contributed by atoms with Gasteiger partial charge in [-0.3, -0.25) is 9.69 Å². The SMILES string of the molecule is CCc1ccc(N2CC(CNC(=O)COc3ccccc3OC)OC2=O)cc1. The van der Waals surface area contributed by atoms with Crippen LogP contribution in [-0.2, 0) is 16.0 Å². The number of nitrogens with zero attached hydrogens (tertiary/aromatic N) is 1. The van der Waals surface area contributed by atoms with Crippen molar-refractivity contribution in [2.45, 2.75) is 19.4 Å². The standard InChI is InChI=1S/C21H24N2O5/c1-3-15-8-10-16(11-9-15)23-13-17(28-21(23)25)12-22-20(24)14-27-19-7-5-4-6-18(19)26-2/h4-11,17H,3,12-14H2,1-2H3,(H,22,24). The van der Waals surface area contributed by atoms with E-state index in [1.54, 1.807) is 23.1 Å². The minimum atomic E-state index is -0.409. The third-order valence-electron chi connectivity index (χ3n) is 4.49. The summed E-state index contributed by atoms with van der Waals surface area (Å²) in [6.07, 6.45) is 0.123. The molecule has 0 aromatic heterocycles. The molecule has 1 atom stereocenters. The van der Waals surface area contributed by atoms with Crippen molar-refractivity contribution in [3.05, 3.63) is 54.1 Å². The van der Waals surface area contributed by atoms with Crippen molar-refractivity contribution in [2.24, 2.45) is 0 Å². The average molecular weight is 384 g/mol. The molecule has 7 heteroatoms. The smallest absolute Gasteiger partial charge is 0.414 e. The summed E-state index contributed by atoms with van der Waals surface area (Å²) in [6, 6.07) is 14.9. The lowest BCUT2D eigenvalue weighted by molar-refractivity contribution is -0.123. The van der Waals surface area contributed by atoms with E-state index < -0.39 is 12.2 Å². The van der Waals surface area contributed by atoms with Gasteiger partial charge < -0.3 is 19.5 Å². The van der Waals surface area contributed by atoms with Crippen LogP contribution in [0.4, 0.5) is 10.5 Å². The van der Waals surface area contributed by atoms with Gasteiger partial charge in [0.05, 0.1) is 20.2 Å². The molecule has 1 aliphatic heterocycles. The van der Waals surface area contributed by atoms with Gasteiger partial charge in [0.15, 0.2) is 18.1 Å². The molecule has 1 heterocycles. The highest BCUT2D eigenvalue weighted by atomic mass is 16.6. The van der Waals surface area contributed by atoms with Crippen LogP contribution in [0.3, 0.4) is 0 Å². The predicted octanol–water partition coefficient (Wildman–Crippen LogP) is 2.78. The molecule has 1 aliphatic rings. The summed E-state index contributed by atoms with van der Waals surface area (Å²) in [5.41, 5.74) is 1.99. The van der Waals surface area contributed by atoms with Gasteiger partial charge in [0, 0.05) is 5.69 Å². The number of rotatable bonds is 8. The molecule has 0 saturated carbocycles. The first kappa shape index (κ1) is 19.5. The molecule has 0 radical (unpaired) electrons. The number of methoxy groups -OCH3 is 1. The van der Waals surface area contributed by atoms with Gasteiger partial charge in [-0.05, 0) is 36.2 Å². The maximum atomic E-state index is 12.1. The Kier molecular flexibility index (Phi) is 6.37. The first-order valence-corrected chi connectivity index (χ1v) is 9.20. The maximum absolute atomic E-state index is 12.1. The summed E-state index contributed by atoms with van der Waals surface area (Å²) in [5.74, 6) is 0.756. The molecule has 1 unspecified atom stereocenters. The van der Waals surface area contributed by atoms with Crippen molar-refractivity contribution >= 4 is 17.7 Å². The molecule has 3 rings (SSSR count). The van der Waals surface area contributed by atoms with Crippen molar-refractivity contribution in [3.63, 3.8) is 0 Å². The Bertz CT molecular complexity index is 822. The minimum Gasteiger partial charge on any atom is -0.493 e. The van der Waals surface area contributed by atoms with Crippen molar-refractivity contribution in [3.8, 4) is 11.5 Å². The van der Waals surface area contributed by atoms with Crippen LogP contribution >= 0.6 is 0 Å². The monoisotopic (exact) mass is 384 g/mol. The Morgan fingerprint density at radius 2 is 1.89 bits per heavy atom. The lowest BCUT2D eigenvalue weighted by Crippen LogP contribution is -2.37. The van der Waals surface area contributed by atoms with Crippen LogP contribution < -0.4 is 19.7 Å². The Morgan fingerprint density at radius 3 is 2.57 bits per heavy atom. The molecule has 28 heavy (non-hydrogen) atoms. The number of ether oxygens (including phenoxy) is 3. The third kappa shape index (κ3) is 4.73. The Balaban J connectivity index is 1.47. The van der Waals surface area contributed by atoms with Crippen LogP contribution in [0.2, 0.25) is 0 Å². The van der Waals surface area contributed by atoms with Gasteiger partial charge in [0.25, 0.3) is 5.91 Å². The Labute approximate surface area is 164 Å². The molecule has 1 N–H and O–H groups in total. The largest absolute Gasteiger partial charge is 0.493 e. The fraction of sp³-hybridized carbons (Fsp3) is 0.333. The van der Waals surface area contributed by atoms with E-state index in [2.05, 4.69) is 12.2 Å². The number of carbonyl (C=O) groups is 2. The molecule has 148 valence electrons. The normalized spacial score (nSPS) is 15.9. The Hall–Kier alpha value is -3.22. The molecule has 1 fully saturated rings. The van der Waals surface area contributed by atoms with Crippen LogP contribution in [0, 0.1) is 0 Å². The second-order valence-corrected chi connectivity index (χ2v) is 6.38. The summed E-state index contributed by atoms with van der Waals surface area (Å²) >= 11 is 0. The van der Waals surface area contributed by atoms with Crippen molar-refractivity contribution in [1.82, 2.24) is 5.32 Å². The number of hydrogen-bond acceptors (Lipinski definition) is 5. The van der Waals surface area contributed by atoms with Crippen LogP contribution in [0.1, 0.15) is 12.5 Å². The molecular formula is C21H24N2O5. The van der Waals surface area contributed by atoms with Gasteiger partial charge in [0.1, 0.15) is 6.10 Å².